The molecular formula is C16H18N2OS. The molecule has 1 atom stereocenters. The summed E-state index contributed by atoms with van der Waals surface area (Å²) in [6.07, 6.45) is 0. The minimum atomic E-state index is 0.149. The van der Waals surface area contributed by atoms with Crippen LogP contribution in [0, 0.1) is 0 Å². The van der Waals surface area contributed by atoms with Crippen LogP contribution in [-0.2, 0) is 0 Å². The second-order valence-electron chi connectivity index (χ2n) is 4.55. The summed E-state index contributed by atoms with van der Waals surface area (Å²) >= 11 is 5.10. The van der Waals surface area contributed by atoms with Gasteiger partial charge in [-0.3, -0.25) is 0 Å². The largest absolute Gasteiger partial charge is 0.497 e. The molecule has 0 bridgehead atoms. The Morgan fingerprint density at radius 3 is 2.50 bits per heavy atom. The van der Waals surface area contributed by atoms with Gasteiger partial charge in [0, 0.05) is 23.4 Å². The molecule has 3 nitrogen and oxygen atoms in total. The Morgan fingerprint density at radius 1 is 1.20 bits per heavy atom. The maximum absolute atomic E-state index is 5.77. The van der Waals surface area contributed by atoms with E-state index in [4.69, 9.17) is 22.7 Å². The molecule has 0 amide bonds. The molecule has 0 spiro atoms. The van der Waals surface area contributed by atoms with Gasteiger partial charge in [-0.15, -0.1) is 0 Å². The van der Waals surface area contributed by atoms with Crippen molar-refractivity contribution >= 4 is 22.9 Å². The quantitative estimate of drug-likeness (QED) is 0.826. The molecule has 3 N–H and O–H groups in total. The van der Waals surface area contributed by atoms with E-state index in [1.165, 1.54) is 5.56 Å². The number of anilines is 1. The van der Waals surface area contributed by atoms with E-state index in [-0.39, 0.29) is 6.04 Å². The van der Waals surface area contributed by atoms with Gasteiger partial charge in [0.1, 0.15) is 10.7 Å². The molecule has 20 heavy (non-hydrogen) atoms. The first-order valence-electron chi connectivity index (χ1n) is 6.41. The van der Waals surface area contributed by atoms with E-state index in [0.717, 1.165) is 17.0 Å². The van der Waals surface area contributed by atoms with Crippen molar-refractivity contribution in [3.05, 3.63) is 59.7 Å². The van der Waals surface area contributed by atoms with Crippen LogP contribution in [0.3, 0.4) is 0 Å². The van der Waals surface area contributed by atoms with Crippen LogP contribution in [0.25, 0.3) is 0 Å². The molecule has 0 fully saturated rings. The van der Waals surface area contributed by atoms with E-state index in [2.05, 4.69) is 24.4 Å². The summed E-state index contributed by atoms with van der Waals surface area (Å²) in [5.74, 6) is 0.771. The van der Waals surface area contributed by atoms with Gasteiger partial charge < -0.3 is 15.8 Å². The summed E-state index contributed by atoms with van der Waals surface area (Å²) < 4.78 is 5.25. The molecule has 0 aliphatic carbocycles. The molecule has 0 saturated carbocycles. The number of nitrogens with two attached hydrogens (primary N) is 1. The molecule has 4 heteroatoms. The average molecular weight is 286 g/mol. The van der Waals surface area contributed by atoms with Gasteiger partial charge in [-0.05, 0) is 24.6 Å². The number of benzene rings is 2. The molecular weight excluding hydrogens is 268 g/mol. The maximum Gasteiger partial charge on any atom is 0.120 e. The van der Waals surface area contributed by atoms with E-state index in [1.807, 2.05) is 36.4 Å². The van der Waals surface area contributed by atoms with Crippen molar-refractivity contribution in [2.75, 3.05) is 12.4 Å². The molecule has 0 aliphatic heterocycles. The monoisotopic (exact) mass is 286 g/mol. The lowest BCUT2D eigenvalue weighted by Gasteiger charge is -2.19. The van der Waals surface area contributed by atoms with Crippen LogP contribution in [0.1, 0.15) is 24.1 Å². The standard InChI is InChI=1S/C16H18N2OS/c1-11(12-6-4-3-5-7-12)18-15-10-13(19-2)8-9-14(15)16(17)20/h3-11,18H,1-2H3,(H2,17,20). The van der Waals surface area contributed by atoms with Crippen LogP contribution >= 0.6 is 12.2 Å². The van der Waals surface area contributed by atoms with E-state index in [0.29, 0.717) is 4.99 Å². The average Bonchev–Trinajstić information content (AvgIpc) is 2.47. The number of ether oxygens (including phenoxy) is 1. The zero-order valence-electron chi connectivity index (χ0n) is 11.6. The topological polar surface area (TPSA) is 47.3 Å². The van der Waals surface area contributed by atoms with E-state index in [9.17, 15) is 0 Å². The summed E-state index contributed by atoms with van der Waals surface area (Å²) in [4.78, 5) is 0.371. The van der Waals surface area contributed by atoms with E-state index in [1.54, 1.807) is 7.11 Å². The second kappa shape index (κ2) is 6.39. The van der Waals surface area contributed by atoms with Gasteiger partial charge in [0.2, 0.25) is 0 Å². The summed E-state index contributed by atoms with van der Waals surface area (Å²) in [6.45, 7) is 2.10. The summed E-state index contributed by atoms with van der Waals surface area (Å²) in [6, 6.07) is 16.0. The lowest BCUT2D eigenvalue weighted by molar-refractivity contribution is 0.415. The fraction of sp³-hybridized carbons (Fsp3) is 0.188. The van der Waals surface area contributed by atoms with Crippen LogP contribution in [-0.4, -0.2) is 12.1 Å². The molecule has 2 rings (SSSR count). The minimum Gasteiger partial charge on any atom is -0.497 e. The number of hydrogen-bond acceptors (Lipinski definition) is 3. The van der Waals surface area contributed by atoms with Gasteiger partial charge in [-0.25, -0.2) is 0 Å². The van der Waals surface area contributed by atoms with E-state index >= 15 is 0 Å². The van der Waals surface area contributed by atoms with Gasteiger partial charge in [-0.2, -0.15) is 0 Å². The Morgan fingerprint density at radius 2 is 1.90 bits per heavy atom. The Labute approximate surface area is 124 Å². The number of hydrogen-bond donors (Lipinski definition) is 2. The third-order valence-electron chi connectivity index (χ3n) is 3.16. The highest BCUT2D eigenvalue weighted by molar-refractivity contribution is 7.80. The van der Waals surface area contributed by atoms with E-state index < -0.39 is 0 Å². The fourth-order valence-corrected chi connectivity index (χ4v) is 2.22. The first-order chi connectivity index (χ1) is 9.61. The molecule has 0 aliphatic rings. The zero-order valence-corrected chi connectivity index (χ0v) is 12.4. The Kier molecular flexibility index (Phi) is 4.58. The lowest BCUT2D eigenvalue weighted by atomic mass is 10.1. The normalized spacial score (nSPS) is 11.7. The third-order valence-corrected chi connectivity index (χ3v) is 3.38. The maximum atomic E-state index is 5.77. The zero-order chi connectivity index (χ0) is 14.5. The van der Waals surface area contributed by atoms with Gasteiger partial charge in [0.05, 0.1) is 7.11 Å². The van der Waals surface area contributed by atoms with Crippen molar-refractivity contribution in [3.8, 4) is 5.75 Å². The highest BCUT2D eigenvalue weighted by Crippen LogP contribution is 2.26. The Bertz CT molecular complexity index is 599. The van der Waals surface area contributed by atoms with Crippen molar-refractivity contribution in [1.29, 1.82) is 0 Å². The Balaban J connectivity index is 2.29. The van der Waals surface area contributed by atoms with Crippen molar-refractivity contribution < 1.29 is 4.74 Å². The molecule has 0 radical (unpaired) electrons. The van der Waals surface area contributed by atoms with Gasteiger partial charge in [0.15, 0.2) is 0 Å². The van der Waals surface area contributed by atoms with Crippen LogP contribution in [0.5, 0.6) is 5.75 Å². The van der Waals surface area contributed by atoms with Gasteiger partial charge in [-0.1, -0.05) is 42.5 Å². The molecule has 0 aromatic heterocycles. The summed E-state index contributed by atoms with van der Waals surface area (Å²) in [5.41, 5.74) is 8.67. The van der Waals surface area contributed by atoms with Crippen LogP contribution in [0.15, 0.2) is 48.5 Å². The molecule has 2 aromatic rings. The van der Waals surface area contributed by atoms with Crippen molar-refractivity contribution in [3.63, 3.8) is 0 Å². The first-order valence-corrected chi connectivity index (χ1v) is 6.82. The highest BCUT2D eigenvalue weighted by Gasteiger charge is 2.11. The number of rotatable bonds is 5. The predicted octanol–water partition coefficient (Wildman–Crippen LogP) is 3.50. The molecule has 2 aromatic carbocycles. The van der Waals surface area contributed by atoms with Crippen LogP contribution in [0.4, 0.5) is 5.69 Å². The van der Waals surface area contributed by atoms with Crippen LogP contribution < -0.4 is 15.8 Å². The Hall–Kier alpha value is -2.07. The van der Waals surface area contributed by atoms with Gasteiger partial charge in [0.25, 0.3) is 0 Å². The third kappa shape index (κ3) is 3.27. The number of methoxy groups -OCH3 is 1. The van der Waals surface area contributed by atoms with Gasteiger partial charge >= 0.3 is 0 Å². The molecule has 1 unspecified atom stereocenters. The second-order valence-corrected chi connectivity index (χ2v) is 4.99. The number of thiocarbonyl (C=S) groups is 1. The van der Waals surface area contributed by atoms with Crippen molar-refractivity contribution in [2.45, 2.75) is 13.0 Å². The summed E-state index contributed by atoms with van der Waals surface area (Å²) in [7, 11) is 1.64. The molecule has 0 saturated heterocycles. The highest BCUT2D eigenvalue weighted by atomic mass is 32.1. The van der Waals surface area contributed by atoms with Crippen molar-refractivity contribution in [1.82, 2.24) is 0 Å². The fourth-order valence-electron chi connectivity index (χ4n) is 2.04. The van der Waals surface area contributed by atoms with Crippen LogP contribution in [0.2, 0.25) is 0 Å². The smallest absolute Gasteiger partial charge is 0.120 e. The predicted molar refractivity (Wildman–Crippen MR) is 87.4 cm³/mol. The summed E-state index contributed by atoms with van der Waals surface area (Å²) in [5, 5.41) is 3.44. The van der Waals surface area contributed by atoms with Crippen molar-refractivity contribution in [2.24, 2.45) is 5.73 Å². The molecule has 0 heterocycles. The number of nitrogens with one attached hydrogen (secondary N) is 1. The minimum absolute atomic E-state index is 0.149. The molecule has 104 valence electrons. The lowest BCUT2D eigenvalue weighted by Crippen LogP contribution is -2.15. The SMILES string of the molecule is COc1ccc(C(N)=S)c(NC(C)c2ccccc2)c1. The first kappa shape index (κ1) is 14.3.